The molecule has 2 aromatic rings. The second kappa shape index (κ2) is 7.77. The zero-order chi connectivity index (χ0) is 19.4. The standard InChI is InChI=1S/C17H16F2N2O5/c1-8-14(16(23)25-3)9(2)20-15(8)17(24)26-7-13(22)21-10-4-5-11(18)12(19)6-10/h4-6,20H,7H2,1-3H3,(H,21,22). The zero-order valence-corrected chi connectivity index (χ0v) is 14.2. The van der Waals surface area contributed by atoms with Gasteiger partial charge in [-0.05, 0) is 31.5 Å². The van der Waals surface area contributed by atoms with Gasteiger partial charge in [0.1, 0.15) is 5.69 Å². The van der Waals surface area contributed by atoms with Crippen molar-refractivity contribution in [3.05, 3.63) is 52.3 Å². The van der Waals surface area contributed by atoms with Crippen LogP contribution in [0, 0.1) is 25.5 Å². The molecule has 0 radical (unpaired) electrons. The van der Waals surface area contributed by atoms with Crippen LogP contribution in [0.5, 0.6) is 0 Å². The van der Waals surface area contributed by atoms with Gasteiger partial charge in [0.25, 0.3) is 5.91 Å². The largest absolute Gasteiger partial charge is 0.465 e. The molecule has 1 aromatic heterocycles. The second-order valence-electron chi connectivity index (χ2n) is 5.37. The molecule has 2 N–H and O–H groups in total. The van der Waals surface area contributed by atoms with Gasteiger partial charge in [0.05, 0.1) is 12.7 Å². The lowest BCUT2D eigenvalue weighted by Gasteiger charge is -2.07. The topological polar surface area (TPSA) is 97.5 Å². The quantitative estimate of drug-likeness (QED) is 0.793. The van der Waals surface area contributed by atoms with Crippen molar-refractivity contribution in [3.8, 4) is 0 Å². The highest BCUT2D eigenvalue weighted by molar-refractivity contribution is 5.99. The molecule has 0 unspecified atom stereocenters. The minimum absolute atomic E-state index is 0.0172. The van der Waals surface area contributed by atoms with E-state index in [-0.39, 0.29) is 16.9 Å². The summed E-state index contributed by atoms with van der Waals surface area (Å²) in [6, 6.07) is 2.83. The lowest BCUT2D eigenvalue weighted by Crippen LogP contribution is -2.21. The summed E-state index contributed by atoms with van der Waals surface area (Å²) in [7, 11) is 1.22. The van der Waals surface area contributed by atoms with E-state index in [9.17, 15) is 23.2 Å². The molecule has 0 saturated heterocycles. The van der Waals surface area contributed by atoms with E-state index in [2.05, 4.69) is 15.0 Å². The highest BCUT2D eigenvalue weighted by atomic mass is 19.2. The monoisotopic (exact) mass is 366 g/mol. The highest BCUT2D eigenvalue weighted by Gasteiger charge is 2.23. The number of rotatable bonds is 5. The van der Waals surface area contributed by atoms with E-state index in [1.165, 1.54) is 20.1 Å². The van der Waals surface area contributed by atoms with Crippen molar-refractivity contribution in [1.82, 2.24) is 4.98 Å². The van der Waals surface area contributed by atoms with Gasteiger partial charge in [0.2, 0.25) is 0 Å². The smallest absolute Gasteiger partial charge is 0.355 e. The zero-order valence-electron chi connectivity index (χ0n) is 14.2. The van der Waals surface area contributed by atoms with Crippen LogP contribution in [0.3, 0.4) is 0 Å². The van der Waals surface area contributed by atoms with Crippen LogP contribution in [-0.2, 0) is 14.3 Å². The van der Waals surface area contributed by atoms with Crippen molar-refractivity contribution >= 4 is 23.5 Å². The molecular formula is C17H16F2N2O5. The summed E-state index contributed by atoms with van der Waals surface area (Å²) >= 11 is 0. The first-order chi connectivity index (χ1) is 12.2. The Morgan fingerprint density at radius 1 is 1.12 bits per heavy atom. The number of carbonyl (C=O) groups excluding carboxylic acids is 3. The highest BCUT2D eigenvalue weighted by Crippen LogP contribution is 2.19. The maximum atomic E-state index is 13.1. The van der Waals surface area contributed by atoms with Gasteiger partial charge in [0, 0.05) is 17.4 Å². The number of H-pyrrole nitrogens is 1. The number of esters is 2. The second-order valence-corrected chi connectivity index (χ2v) is 5.37. The fraction of sp³-hybridized carbons (Fsp3) is 0.235. The summed E-state index contributed by atoms with van der Waals surface area (Å²) in [5.74, 6) is -4.35. The van der Waals surface area contributed by atoms with Crippen LogP contribution in [0.25, 0.3) is 0 Å². The number of carbonyl (C=O) groups is 3. The Morgan fingerprint density at radius 3 is 2.42 bits per heavy atom. The molecule has 1 heterocycles. The van der Waals surface area contributed by atoms with E-state index in [0.29, 0.717) is 11.3 Å². The van der Waals surface area contributed by atoms with Crippen LogP contribution in [0.15, 0.2) is 18.2 Å². The van der Waals surface area contributed by atoms with Crippen LogP contribution in [0.2, 0.25) is 0 Å². The summed E-state index contributed by atoms with van der Waals surface area (Å²) in [5, 5.41) is 2.27. The van der Waals surface area contributed by atoms with Crippen LogP contribution in [0.1, 0.15) is 32.1 Å². The van der Waals surface area contributed by atoms with Gasteiger partial charge >= 0.3 is 11.9 Å². The molecular weight excluding hydrogens is 350 g/mol. The number of halogens is 2. The van der Waals surface area contributed by atoms with E-state index in [0.717, 1.165) is 12.1 Å². The number of ether oxygens (including phenoxy) is 2. The molecule has 7 nitrogen and oxygen atoms in total. The summed E-state index contributed by atoms with van der Waals surface area (Å²) < 4.78 is 35.4. The Morgan fingerprint density at radius 2 is 1.81 bits per heavy atom. The molecule has 0 aliphatic heterocycles. The van der Waals surface area contributed by atoms with Crippen molar-refractivity contribution in [3.63, 3.8) is 0 Å². The predicted octanol–water partition coefficient (Wildman–Crippen LogP) is 2.49. The van der Waals surface area contributed by atoms with E-state index in [1.54, 1.807) is 6.92 Å². The fourth-order valence-electron chi connectivity index (χ4n) is 2.34. The molecule has 0 aliphatic carbocycles. The molecule has 2 rings (SSSR count). The molecule has 0 atom stereocenters. The fourth-order valence-corrected chi connectivity index (χ4v) is 2.34. The molecule has 9 heteroatoms. The number of amides is 1. The number of aromatic amines is 1. The number of hydrogen-bond acceptors (Lipinski definition) is 5. The Balaban J connectivity index is 2.01. The summed E-state index contributed by atoms with van der Waals surface area (Å²) in [5.41, 5.74) is 1.01. The van der Waals surface area contributed by atoms with Crippen molar-refractivity contribution in [2.24, 2.45) is 0 Å². The van der Waals surface area contributed by atoms with Gasteiger partial charge in [-0.25, -0.2) is 18.4 Å². The third kappa shape index (κ3) is 4.05. The maximum absolute atomic E-state index is 13.1. The molecule has 138 valence electrons. The van der Waals surface area contributed by atoms with Gasteiger partial charge in [-0.1, -0.05) is 0 Å². The summed E-state index contributed by atoms with van der Waals surface area (Å²) in [4.78, 5) is 38.3. The maximum Gasteiger partial charge on any atom is 0.355 e. The lowest BCUT2D eigenvalue weighted by atomic mass is 10.1. The number of methoxy groups -OCH3 is 1. The molecule has 1 aromatic carbocycles. The van der Waals surface area contributed by atoms with Gasteiger partial charge in [-0.15, -0.1) is 0 Å². The average Bonchev–Trinajstić information content (AvgIpc) is 2.90. The minimum Gasteiger partial charge on any atom is -0.465 e. The molecule has 0 bridgehead atoms. The van der Waals surface area contributed by atoms with Crippen LogP contribution in [-0.4, -0.2) is 36.5 Å². The van der Waals surface area contributed by atoms with Gasteiger partial charge in [-0.2, -0.15) is 0 Å². The van der Waals surface area contributed by atoms with E-state index >= 15 is 0 Å². The number of aryl methyl sites for hydroxylation is 1. The molecule has 0 fully saturated rings. The number of anilines is 1. The number of aromatic nitrogens is 1. The van der Waals surface area contributed by atoms with Crippen molar-refractivity contribution in [2.75, 3.05) is 19.0 Å². The number of benzene rings is 1. The normalized spacial score (nSPS) is 10.3. The first kappa shape index (κ1) is 19.1. The Kier molecular flexibility index (Phi) is 5.71. The lowest BCUT2D eigenvalue weighted by molar-refractivity contribution is -0.119. The Hall–Kier alpha value is -3.23. The summed E-state index contributed by atoms with van der Waals surface area (Å²) in [6.45, 7) is 2.47. The van der Waals surface area contributed by atoms with Gasteiger partial charge in [-0.3, -0.25) is 4.79 Å². The number of nitrogens with one attached hydrogen (secondary N) is 2. The number of hydrogen-bond donors (Lipinski definition) is 2. The first-order valence-corrected chi connectivity index (χ1v) is 7.44. The van der Waals surface area contributed by atoms with Gasteiger partial charge in [0.15, 0.2) is 18.2 Å². The van der Waals surface area contributed by atoms with Crippen molar-refractivity contribution < 1.29 is 32.6 Å². The SMILES string of the molecule is COC(=O)c1c(C)[nH]c(C(=O)OCC(=O)Nc2ccc(F)c(F)c2)c1C. The van der Waals surface area contributed by atoms with Gasteiger partial charge < -0.3 is 19.8 Å². The van der Waals surface area contributed by atoms with E-state index in [1.807, 2.05) is 0 Å². The molecule has 1 amide bonds. The van der Waals surface area contributed by atoms with Crippen LogP contribution < -0.4 is 5.32 Å². The Bertz CT molecular complexity index is 876. The van der Waals surface area contributed by atoms with Crippen LogP contribution >= 0.6 is 0 Å². The molecule has 0 spiro atoms. The predicted molar refractivity (Wildman–Crippen MR) is 86.9 cm³/mol. The third-order valence-electron chi connectivity index (χ3n) is 3.57. The first-order valence-electron chi connectivity index (χ1n) is 7.44. The van der Waals surface area contributed by atoms with Crippen LogP contribution in [0.4, 0.5) is 14.5 Å². The molecule has 26 heavy (non-hydrogen) atoms. The summed E-state index contributed by atoms with van der Waals surface area (Å²) in [6.07, 6.45) is 0. The van der Waals surface area contributed by atoms with Crippen molar-refractivity contribution in [1.29, 1.82) is 0 Å². The minimum atomic E-state index is -1.12. The molecule has 0 aliphatic rings. The average molecular weight is 366 g/mol. The molecule has 0 saturated carbocycles. The van der Waals surface area contributed by atoms with E-state index in [4.69, 9.17) is 4.74 Å². The third-order valence-corrected chi connectivity index (χ3v) is 3.57. The van der Waals surface area contributed by atoms with Crippen molar-refractivity contribution in [2.45, 2.75) is 13.8 Å². The Labute approximate surface area is 147 Å². The van der Waals surface area contributed by atoms with E-state index < -0.39 is 36.1 Å².